The predicted molar refractivity (Wildman–Crippen MR) is 258 cm³/mol. The molecule has 1 aliphatic carbocycles. The van der Waals surface area contributed by atoms with E-state index in [-0.39, 0.29) is 5.41 Å². The lowest BCUT2D eigenvalue weighted by molar-refractivity contribution is 0.401. The Kier molecular flexibility index (Phi) is 12.1. The van der Waals surface area contributed by atoms with Crippen molar-refractivity contribution in [2.24, 2.45) is 0 Å². The van der Waals surface area contributed by atoms with Gasteiger partial charge in [-0.15, -0.1) is 0 Å². The molecule has 0 saturated carbocycles. The Labute approximate surface area is 363 Å². The van der Waals surface area contributed by atoms with Crippen LogP contribution in [0.4, 0.5) is 0 Å². The van der Waals surface area contributed by atoms with Gasteiger partial charge in [0.15, 0.2) is 5.82 Å². The van der Waals surface area contributed by atoms with Gasteiger partial charge >= 0.3 is 0 Å². The predicted octanol–water partition coefficient (Wildman–Crippen LogP) is 16.7. The largest absolute Gasteiger partial charge is 0.228 e. The minimum Gasteiger partial charge on any atom is -0.228 e. The third-order valence-electron chi connectivity index (χ3n) is 12.9. The van der Waals surface area contributed by atoms with E-state index < -0.39 is 0 Å². The highest BCUT2D eigenvalue weighted by Gasteiger charge is 2.42. The van der Waals surface area contributed by atoms with Crippen LogP contribution < -0.4 is 0 Å². The summed E-state index contributed by atoms with van der Waals surface area (Å²) >= 11 is 0. The van der Waals surface area contributed by atoms with E-state index >= 15 is 0 Å². The molecule has 0 atom stereocenters. The van der Waals surface area contributed by atoms with E-state index in [1.165, 1.54) is 120 Å². The lowest BCUT2D eigenvalue weighted by atomic mass is 9.70. The normalized spacial score (nSPS) is 12.6. The standard InChI is InChI=1S/C59H56N2/c1-3-5-7-18-38-59(39-19-8-6-4-2)54-40-50(44-22-14-10-15-23-44)34-36-52(54)53-37-35-51(41-55(53)59)46-28-32-48(33-29-46)57-42-56(60-58(61-57)49-24-16-11-17-25-49)47-30-26-45(27-31-47)43-20-12-9-13-21-43/h9-17,20-37,40-42H,3-8,18-19,38-39H2,1-2H3. The number of nitrogens with zero attached hydrogens (tertiary/aromatic N) is 2. The average molecular weight is 793 g/mol. The van der Waals surface area contributed by atoms with E-state index in [1.54, 1.807) is 0 Å². The summed E-state index contributed by atoms with van der Waals surface area (Å²) in [5, 5.41) is 0. The van der Waals surface area contributed by atoms with Gasteiger partial charge in [0.2, 0.25) is 0 Å². The Morgan fingerprint density at radius 3 is 1.13 bits per heavy atom. The molecule has 0 N–H and O–H groups in total. The number of unbranched alkanes of at least 4 members (excludes halogenated alkanes) is 6. The van der Waals surface area contributed by atoms with Gasteiger partial charge < -0.3 is 0 Å². The third kappa shape index (κ3) is 8.50. The SMILES string of the molecule is CCCCCCC1(CCCCCC)c2cc(-c3ccccc3)ccc2-c2ccc(-c3ccc(-c4cc(-c5ccc(-c6ccccc6)cc5)nc(-c5ccccc5)n4)cc3)cc21. The smallest absolute Gasteiger partial charge is 0.160 e. The molecule has 0 fully saturated rings. The summed E-state index contributed by atoms with van der Waals surface area (Å²) < 4.78 is 0. The lowest BCUT2D eigenvalue weighted by Gasteiger charge is -2.33. The summed E-state index contributed by atoms with van der Waals surface area (Å²) in [6.45, 7) is 4.64. The molecule has 7 aromatic carbocycles. The highest BCUT2D eigenvalue weighted by molar-refractivity contribution is 5.86. The molecule has 1 aromatic heterocycles. The van der Waals surface area contributed by atoms with Crippen molar-refractivity contribution in [1.29, 1.82) is 0 Å². The molecule has 0 amide bonds. The zero-order valence-electron chi connectivity index (χ0n) is 35.8. The Hall–Kier alpha value is -6.38. The van der Waals surface area contributed by atoms with Gasteiger partial charge in [-0.05, 0) is 86.7 Å². The molecule has 0 spiro atoms. The van der Waals surface area contributed by atoms with E-state index in [9.17, 15) is 0 Å². The topological polar surface area (TPSA) is 25.8 Å². The van der Waals surface area contributed by atoms with E-state index in [0.29, 0.717) is 0 Å². The molecular weight excluding hydrogens is 737 g/mol. The number of hydrogen-bond donors (Lipinski definition) is 0. The Balaban J connectivity index is 1.08. The zero-order valence-corrected chi connectivity index (χ0v) is 35.8. The first-order valence-electron chi connectivity index (χ1n) is 22.7. The lowest BCUT2D eigenvalue weighted by Crippen LogP contribution is -2.25. The maximum Gasteiger partial charge on any atom is 0.160 e. The molecule has 2 nitrogen and oxygen atoms in total. The Bertz CT molecular complexity index is 2670. The molecule has 61 heavy (non-hydrogen) atoms. The second-order valence-electron chi connectivity index (χ2n) is 16.9. The molecule has 302 valence electrons. The van der Waals surface area contributed by atoms with Crippen molar-refractivity contribution in [3.05, 3.63) is 193 Å². The summed E-state index contributed by atoms with van der Waals surface area (Å²) in [6.07, 6.45) is 12.5. The van der Waals surface area contributed by atoms with Crippen molar-refractivity contribution in [3.8, 4) is 78.4 Å². The summed E-state index contributed by atoms with van der Waals surface area (Å²) in [5.41, 5.74) is 18.4. The highest BCUT2D eigenvalue weighted by Crippen LogP contribution is 2.56. The van der Waals surface area contributed by atoms with Gasteiger partial charge in [0, 0.05) is 22.1 Å². The Morgan fingerprint density at radius 1 is 0.328 bits per heavy atom. The number of rotatable bonds is 16. The van der Waals surface area contributed by atoms with Gasteiger partial charge in [-0.2, -0.15) is 0 Å². The van der Waals surface area contributed by atoms with Gasteiger partial charge in [0.25, 0.3) is 0 Å². The fraction of sp³-hybridized carbons (Fsp3) is 0.220. The van der Waals surface area contributed by atoms with E-state index in [2.05, 4.69) is 190 Å². The second kappa shape index (κ2) is 18.5. The van der Waals surface area contributed by atoms with Crippen LogP contribution in [0.15, 0.2) is 182 Å². The molecule has 2 heteroatoms. The number of aromatic nitrogens is 2. The number of fused-ring (bicyclic) bond motifs is 3. The molecule has 8 aromatic rings. The van der Waals surface area contributed by atoms with Gasteiger partial charge in [-0.3, -0.25) is 0 Å². The van der Waals surface area contributed by atoms with Gasteiger partial charge in [-0.1, -0.05) is 229 Å². The minimum atomic E-state index is -0.00259. The maximum absolute atomic E-state index is 5.16. The minimum absolute atomic E-state index is 0.00259. The first-order valence-corrected chi connectivity index (χ1v) is 22.7. The molecule has 0 radical (unpaired) electrons. The fourth-order valence-corrected chi connectivity index (χ4v) is 9.61. The van der Waals surface area contributed by atoms with Crippen molar-refractivity contribution in [1.82, 2.24) is 9.97 Å². The van der Waals surface area contributed by atoms with Crippen LogP contribution in [0.5, 0.6) is 0 Å². The molecule has 9 rings (SSSR count). The third-order valence-corrected chi connectivity index (χ3v) is 12.9. The maximum atomic E-state index is 5.16. The van der Waals surface area contributed by atoms with Crippen LogP contribution in [-0.4, -0.2) is 9.97 Å². The molecule has 0 saturated heterocycles. The van der Waals surface area contributed by atoms with Gasteiger partial charge in [0.05, 0.1) is 11.4 Å². The van der Waals surface area contributed by atoms with Crippen LogP contribution >= 0.6 is 0 Å². The molecule has 0 aliphatic heterocycles. The van der Waals surface area contributed by atoms with Crippen LogP contribution in [-0.2, 0) is 5.41 Å². The monoisotopic (exact) mass is 792 g/mol. The summed E-state index contributed by atoms with van der Waals surface area (Å²) in [5.74, 6) is 0.729. The van der Waals surface area contributed by atoms with E-state index in [0.717, 1.165) is 33.9 Å². The quantitative estimate of drug-likeness (QED) is 0.0911. The molecule has 0 bridgehead atoms. The Morgan fingerprint density at radius 2 is 0.689 bits per heavy atom. The second-order valence-corrected chi connectivity index (χ2v) is 16.9. The summed E-state index contributed by atoms with van der Waals surface area (Å²) in [4.78, 5) is 10.3. The van der Waals surface area contributed by atoms with Crippen molar-refractivity contribution >= 4 is 0 Å². The van der Waals surface area contributed by atoms with Crippen molar-refractivity contribution in [2.75, 3.05) is 0 Å². The summed E-state index contributed by atoms with van der Waals surface area (Å²) in [7, 11) is 0. The van der Waals surface area contributed by atoms with Crippen LogP contribution in [0.3, 0.4) is 0 Å². The van der Waals surface area contributed by atoms with Crippen LogP contribution in [0.1, 0.15) is 89.2 Å². The van der Waals surface area contributed by atoms with Gasteiger partial charge in [-0.25, -0.2) is 9.97 Å². The van der Waals surface area contributed by atoms with Gasteiger partial charge in [0.1, 0.15) is 0 Å². The van der Waals surface area contributed by atoms with Crippen LogP contribution in [0, 0.1) is 0 Å². The molecular formula is C59H56N2. The highest BCUT2D eigenvalue weighted by atomic mass is 14.9. The van der Waals surface area contributed by atoms with E-state index in [1.807, 2.05) is 6.07 Å². The molecule has 1 heterocycles. The van der Waals surface area contributed by atoms with Crippen molar-refractivity contribution in [2.45, 2.75) is 83.5 Å². The first-order chi connectivity index (χ1) is 30.1. The molecule has 1 aliphatic rings. The van der Waals surface area contributed by atoms with Crippen molar-refractivity contribution in [3.63, 3.8) is 0 Å². The number of benzene rings is 7. The first kappa shape index (κ1) is 40.0. The average Bonchev–Trinajstić information content (AvgIpc) is 3.60. The fourth-order valence-electron chi connectivity index (χ4n) is 9.61. The van der Waals surface area contributed by atoms with Crippen LogP contribution in [0.2, 0.25) is 0 Å². The van der Waals surface area contributed by atoms with E-state index in [4.69, 9.17) is 9.97 Å². The number of hydrogen-bond acceptors (Lipinski definition) is 2. The van der Waals surface area contributed by atoms with Crippen LogP contribution in [0.25, 0.3) is 78.4 Å². The van der Waals surface area contributed by atoms with Crippen molar-refractivity contribution < 1.29 is 0 Å². The summed E-state index contributed by atoms with van der Waals surface area (Å²) in [6, 6.07) is 66.4. The molecule has 0 unspecified atom stereocenters. The zero-order chi connectivity index (χ0) is 41.4.